The predicted octanol–water partition coefficient (Wildman–Crippen LogP) is 1.96. The lowest BCUT2D eigenvalue weighted by Gasteiger charge is -2.01. The van der Waals surface area contributed by atoms with Crippen LogP contribution in [0.2, 0.25) is 0 Å². The van der Waals surface area contributed by atoms with Gasteiger partial charge in [-0.05, 0) is 12.1 Å². The molecule has 0 amide bonds. The van der Waals surface area contributed by atoms with E-state index < -0.39 is 0 Å². The molecule has 2 rings (SSSR count). The van der Waals surface area contributed by atoms with Crippen molar-refractivity contribution < 1.29 is 0 Å². The maximum Gasteiger partial charge on any atom is 0.0991 e. The van der Waals surface area contributed by atoms with Gasteiger partial charge in [0.2, 0.25) is 0 Å². The molecule has 1 aromatic heterocycles. The number of aryl methyl sites for hydroxylation is 1. The maximum absolute atomic E-state index is 8.76. The van der Waals surface area contributed by atoms with Gasteiger partial charge in [0.1, 0.15) is 0 Å². The van der Waals surface area contributed by atoms with Crippen LogP contribution in [0, 0.1) is 11.3 Å². The van der Waals surface area contributed by atoms with Gasteiger partial charge in [0, 0.05) is 12.6 Å². The summed E-state index contributed by atoms with van der Waals surface area (Å²) in [5.74, 6) is 0. The molecule has 68 valence electrons. The zero-order chi connectivity index (χ0) is 9.97. The highest BCUT2D eigenvalue weighted by Crippen LogP contribution is 2.18. The summed E-state index contributed by atoms with van der Waals surface area (Å²) in [6.45, 7) is 0. The van der Waals surface area contributed by atoms with Gasteiger partial charge in [-0.25, -0.2) is 4.98 Å². The van der Waals surface area contributed by atoms with Crippen LogP contribution in [-0.4, -0.2) is 9.55 Å². The Labute approximate surface area is 82.2 Å². The van der Waals surface area contributed by atoms with Crippen molar-refractivity contribution in [3.8, 4) is 17.3 Å². The van der Waals surface area contributed by atoms with Crippen molar-refractivity contribution in [2.45, 2.75) is 0 Å². The molecule has 0 unspecified atom stereocenters. The molecule has 0 bridgehead atoms. The summed E-state index contributed by atoms with van der Waals surface area (Å²) in [6.07, 6.45) is 3.53. The van der Waals surface area contributed by atoms with Crippen LogP contribution in [0.25, 0.3) is 11.3 Å². The van der Waals surface area contributed by atoms with Crippen LogP contribution in [-0.2, 0) is 7.05 Å². The third-order valence-corrected chi connectivity index (χ3v) is 2.10. The molecule has 0 aliphatic carbocycles. The summed E-state index contributed by atoms with van der Waals surface area (Å²) in [4.78, 5) is 4.03. The van der Waals surface area contributed by atoms with Gasteiger partial charge in [-0.1, -0.05) is 12.1 Å². The van der Waals surface area contributed by atoms with E-state index in [-0.39, 0.29) is 0 Å². The fraction of sp³-hybridized carbons (Fsp3) is 0.0909. The fourth-order valence-electron chi connectivity index (χ4n) is 1.38. The first-order valence-electron chi connectivity index (χ1n) is 4.28. The van der Waals surface area contributed by atoms with Crippen molar-refractivity contribution in [2.24, 2.45) is 7.05 Å². The highest BCUT2D eigenvalue weighted by molar-refractivity contribution is 5.61. The Morgan fingerprint density at radius 2 is 2.29 bits per heavy atom. The van der Waals surface area contributed by atoms with Gasteiger partial charge in [0.15, 0.2) is 0 Å². The third kappa shape index (κ3) is 1.38. The van der Waals surface area contributed by atoms with Crippen LogP contribution in [0.4, 0.5) is 0 Å². The lowest BCUT2D eigenvalue weighted by molar-refractivity contribution is 0.921. The summed E-state index contributed by atoms with van der Waals surface area (Å²) in [5.41, 5.74) is 2.70. The number of hydrogen-bond donors (Lipinski definition) is 0. The number of aromatic nitrogens is 2. The average molecular weight is 183 g/mol. The standard InChI is InChI=1S/C11H9N3/c1-14-8-13-7-11(14)10-4-2-3-9(5-10)6-12/h2-5,7-8H,1H3. The molecule has 3 heteroatoms. The van der Waals surface area contributed by atoms with E-state index in [4.69, 9.17) is 5.26 Å². The van der Waals surface area contributed by atoms with Crippen LogP contribution in [0.1, 0.15) is 5.56 Å². The van der Waals surface area contributed by atoms with E-state index in [1.54, 1.807) is 18.6 Å². The first kappa shape index (κ1) is 8.52. The number of rotatable bonds is 1. The van der Waals surface area contributed by atoms with Crippen molar-refractivity contribution in [3.63, 3.8) is 0 Å². The minimum absolute atomic E-state index is 0.670. The molecular formula is C11H9N3. The van der Waals surface area contributed by atoms with Crippen LogP contribution >= 0.6 is 0 Å². The van der Waals surface area contributed by atoms with Crippen molar-refractivity contribution in [1.82, 2.24) is 9.55 Å². The summed E-state index contributed by atoms with van der Waals surface area (Å²) in [7, 11) is 1.93. The van der Waals surface area contributed by atoms with E-state index in [1.807, 2.05) is 29.8 Å². The molecule has 1 heterocycles. The molecule has 0 saturated carbocycles. The fourth-order valence-corrected chi connectivity index (χ4v) is 1.38. The smallest absolute Gasteiger partial charge is 0.0991 e. The average Bonchev–Trinajstić information content (AvgIpc) is 2.65. The minimum atomic E-state index is 0.670. The molecule has 0 aliphatic heterocycles. The van der Waals surface area contributed by atoms with E-state index in [0.29, 0.717) is 5.56 Å². The van der Waals surface area contributed by atoms with Crippen LogP contribution < -0.4 is 0 Å². The summed E-state index contributed by atoms with van der Waals surface area (Å²) < 4.78 is 1.93. The Bertz CT molecular complexity index is 491. The van der Waals surface area contributed by atoms with Crippen molar-refractivity contribution in [2.75, 3.05) is 0 Å². The van der Waals surface area contributed by atoms with Gasteiger partial charge in [0.05, 0.1) is 29.9 Å². The number of nitriles is 1. The topological polar surface area (TPSA) is 41.6 Å². The van der Waals surface area contributed by atoms with Gasteiger partial charge in [-0.15, -0.1) is 0 Å². The highest BCUT2D eigenvalue weighted by atomic mass is 15.0. The normalized spacial score (nSPS) is 9.71. The Kier molecular flexibility index (Phi) is 2.04. The molecule has 0 atom stereocenters. The molecule has 0 aliphatic rings. The van der Waals surface area contributed by atoms with Crippen molar-refractivity contribution >= 4 is 0 Å². The van der Waals surface area contributed by atoms with Crippen molar-refractivity contribution in [1.29, 1.82) is 5.26 Å². The first-order chi connectivity index (χ1) is 6.81. The lowest BCUT2D eigenvalue weighted by Crippen LogP contribution is -1.89. The SMILES string of the molecule is Cn1cncc1-c1cccc(C#N)c1. The maximum atomic E-state index is 8.76. The summed E-state index contributed by atoms with van der Waals surface area (Å²) >= 11 is 0. The molecule has 0 N–H and O–H groups in total. The van der Waals surface area contributed by atoms with E-state index >= 15 is 0 Å². The quantitative estimate of drug-likeness (QED) is 0.678. The second kappa shape index (κ2) is 3.35. The van der Waals surface area contributed by atoms with E-state index in [2.05, 4.69) is 11.1 Å². The number of imidazole rings is 1. The Morgan fingerprint density at radius 3 is 2.93 bits per heavy atom. The number of benzene rings is 1. The van der Waals surface area contributed by atoms with Gasteiger partial charge in [-0.2, -0.15) is 5.26 Å². The number of hydrogen-bond acceptors (Lipinski definition) is 2. The molecular weight excluding hydrogens is 174 g/mol. The molecule has 2 aromatic rings. The molecule has 14 heavy (non-hydrogen) atoms. The van der Waals surface area contributed by atoms with E-state index in [1.165, 1.54) is 0 Å². The zero-order valence-electron chi connectivity index (χ0n) is 7.81. The first-order valence-corrected chi connectivity index (χ1v) is 4.28. The Balaban J connectivity index is 2.53. The second-order valence-electron chi connectivity index (χ2n) is 3.08. The minimum Gasteiger partial charge on any atom is -0.334 e. The number of nitrogens with zero attached hydrogens (tertiary/aromatic N) is 3. The molecule has 0 spiro atoms. The molecule has 3 nitrogen and oxygen atoms in total. The van der Waals surface area contributed by atoms with Gasteiger partial charge in [0.25, 0.3) is 0 Å². The largest absolute Gasteiger partial charge is 0.334 e. The van der Waals surface area contributed by atoms with E-state index in [0.717, 1.165) is 11.3 Å². The van der Waals surface area contributed by atoms with Crippen molar-refractivity contribution in [3.05, 3.63) is 42.4 Å². The molecule has 0 saturated heterocycles. The molecule has 1 aromatic carbocycles. The van der Waals surface area contributed by atoms with Crippen LogP contribution in [0.5, 0.6) is 0 Å². The molecule has 0 fully saturated rings. The second-order valence-corrected chi connectivity index (χ2v) is 3.08. The zero-order valence-corrected chi connectivity index (χ0v) is 7.81. The third-order valence-electron chi connectivity index (χ3n) is 2.10. The summed E-state index contributed by atoms with van der Waals surface area (Å²) in [6, 6.07) is 9.61. The van der Waals surface area contributed by atoms with Crippen LogP contribution in [0.3, 0.4) is 0 Å². The van der Waals surface area contributed by atoms with Gasteiger partial charge >= 0.3 is 0 Å². The van der Waals surface area contributed by atoms with Crippen LogP contribution in [0.15, 0.2) is 36.8 Å². The monoisotopic (exact) mass is 183 g/mol. The van der Waals surface area contributed by atoms with Gasteiger partial charge in [-0.3, -0.25) is 0 Å². The highest BCUT2D eigenvalue weighted by Gasteiger charge is 2.02. The Hall–Kier alpha value is -2.08. The van der Waals surface area contributed by atoms with Gasteiger partial charge < -0.3 is 4.57 Å². The lowest BCUT2D eigenvalue weighted by atomic mass is 10.1. The summed E-state index contributed by atoms with van der Waals surface area (Å²) in [5, 5.41) is 8.76. The Morgan fingerprint density at radius 1 is 1.43 bits per heavy atom. The molecule has 0 radical (unpaired) electrons. The van der Waals surface area contributed by atoms with E-state index in [9.17, 15) is 0 Å². The predicted molar refractivity (Wildman–Crippen MR) is 53.4 cm³/mol.